The first-order valence-electron chi connectivity index (χ1n) is 7.66. The Kier molecular flexibility index (Phi) is 2.84. The summed E-state index contributed by atoms with van der Waals surface area (Å²) in [6.45, 7) is 0.629. The number of hydrogen-bond acceptors (Lipinski definition) is 2. The summed E-state index contributed by atoms with van der Waals surface area (Å²) >= 11 is 0. The molecule has 4 rings (SSSR count). The molecule has 2 bridgehead atoms. The summed E-state index contributed by atoms with van der Waals surface area (Å²) in [5, 5.41) is 3.12. The minimum atomic E-state index is 0.0949. The van der Waals surface area contributed by atoms with Gasteiger partial charge in [-0.1, -0.05) is 18.2 Å². The molecule has 1 aromatic carbocycles. The summed E-state index contributed by atoms with van der Waals surface area (Å²) in [5.41, 5.74) is 4.32. The second-order valence-electron chi connectivity index (χ2n) is 6.07. The van der Waals surface area contributed by atoms with Crippen LogP contribution in [0.15, 0.2) is 29.8 Å². The lowest BCUT2D eigenvalue weighted by molar-refractivity contribution is -0.121. The quantitative estimate of drug-likeness (QED) is 0.794. The van der Waals surface area contributed by atoms with E-state index in [9.17, 15) is 9.59 Å². The molecule has 0 radical (unpaired) electrons. The Morgan fingerprint density at radius 1 is 1.10 bits per heavy atom. The van der Waals surface area contributed by atoms with Gasteiger partial charge < -0.3 is 10.2 Å². The predicted molar refractivity (Wildman–Crippen MR) is 79.4 cm³/mol. The lowest BCUT2D eigenvalue weighted by Crippen LogP contribution is -2.34. The molecule has 2 aliphatic heterocycles. The van der Waals surface area contributed by atoms with E-state index < -0.39 is 0 Å². The van der Waals surface area contributed by atoms with E-state index in [-0.39, 0.29) is 17.9 Å². The van der Waals surface area contributed by atoms with Crippen LogP contribution < -0.4 is 5.32 Å². The SMILES string of the molecule is O=C1CCCN2C(=O)c3ccccc3/C2=C2\CCC(C2)N1. The summed E-state index contributed by atoms with van der Waals surface area (Å²) < 4.78 is 0. The molecule has 1 saturated carbocycles. The number of nitrogens with one attached hydrogen (secondary N) is 1. The van der Waals surface area contributed by atoms with Crippen LogP contribution in [-0.4, -0.2) is 29.3 Å². The highest BCUT2D eigenvalue weighted by Gasteiger charge is 2.36. The van der Waals surface area contributed by atoms with Crippen LogP contribution in [0.3, 0.4) is 0 Å². The van der Waals surface area contributed by atoms with Gasteiger partial charge in [-0.25, -0.2) is 0 Å². The van der Waals surface area contributed by atoms with Crippen LogP contribution in [0.1, 0.15) is 48.0 Å². The zero-order chi connectivity index (χ0) is 14.4. The van der Waals surface area contributed by atoms with Crippen LogP contribution in [-0.2, 0) is 4.79 Å². The van der Waals surface area contributed by atoms with E-state index in [4.69, 9.17) is 0 Å². The molecule has 1 unspecified atom stereocenters. The van der Waals surface area contributed by atoms with E-state index in [1.165, 1.54) is 5.57 Å². The molecule has 1 N–H and O–H groups in total. The van der Waals surface area contributed by atoms with Crippen molar-refractivity contribution in [3.05, 3.63) is 41.0 Å². The molecule has 2 heterocycles. The number of carbonyl (C=O) groups excluding carboxylic acids is 2. The van der Waals surface area contributed by atoms with Gasteiger partial charge >= 0.3 is 0 Å². The molecule has 0 saturated heterocycles. The minimum Gasteiger partial charge on any atom is -0.353 e. The van der Waals surface area contributed by atoms with Crippen molar-refractivity contribution >= 4 is 17.5 Å². The van der Waals surface area contributed by atoms with Gasteiger partial charge in [0.2, 0.25) is 5.91 Å². The zero-order valence-corrected chi connectivity index (χ0v) is 11.9. The number of carbonyl (C=O) groups is 2. The summed E-state index contributed by atoms with van der Waals surface area (Å²) in [4.78, 5) is 26.4. The monoisotopic (exact) mass is 282 g/mol. The molecular formula is C17H18N2O2. The molecule has 0 aromatic heterocycles. The fourth-order valence-corrected chi connectivity index (χ4v) is 3.75. The fourth-order valence-electron chi connectivity index (χ4n) is 3.75. The topological polar surface area (TPSA) is 49.4 Å². The van der Waals surface area contributed by atoms with Gasteiger partial charge in [0.05, 0.1) is 5.70 Å². The third-order valence-electron chi connectivity index (χ3n) is 4.70. The van der Waals surface area contributed by atoms with Crippen molar-refractivity contribution in [2.75, 3.05) is 6.54 Å². The minimum absolute atomic E-state index is 0.0949. The molecule has 0 spiro atoms. The molecular weight excluding hydrogens is 264 g/mol. The van der Waals surface area contributed by atoms with Gasteiger partial charge in [-0.15, -0.1) is 0 Å². The first-order chi connectivity index (χ1) is 10.2. The lowest BCUT2D eigenvalue weighted by Gasteiger charge is -2.22. The molecule has 21 heavy (non-hydrogen) atoms. The molecule has 108 valence electrons. The van der Waals surface area contributed by atoms with Crippen molar-refractivity contribution in [1.29, 1.82) is 0 Å². The van der Waals surface area contributed by atoms with E-state index in [0.29, 0.717) is 13.0 Å². The maximum Gasteiger partial charge on any atom is 0.258 e. The van der Waals surface area contributed by atoms with Crippen LogP contribution in [0.4, 0.5) is 0 Å². The average Bonchev–Trinajstić information content (AvgIpc) is 3.03. The molecule has 1 atom stereocenters. The second-order valence-corrected chi connectivity index (χ2v) is 6.07. The van der Waals surface area contributed by atoms with Gasteiger partial charge in [0.1, 0.15) is 0 Å². The number of fused-ring (bicyclic) bond motifs is 5. The summed E-state index contributed by atoms with van der Waals surface area (Å²) in [6.07, 6.45) is 4.04. The van der Waals surface area contributed by atoms with E-state index in [1.807, 2.05) is 29.2 Å². The van der Waals surface area contributed by atoms with Gasteiger partial charge in [0, 0.05) is 30.1 Å². The van der Waals surface area contributed by atoms with Crippen molar-refractivity contribution in [1.82, 2.24) is 10.2 Å². The Morgan fingerprint density at radius 2 is 1.90 bits per heavy atom. The number of nitrogens with zero attached hydrogens (tertiary/aromatic N) is 1. The fraction of sp³-hybridized carbons (Fsp3) is 0.412. The summed E-state index contributed by atoms with van der Waals surface area (Å²) in [7, 11) is 0. The van der Waals surface area contributed by atoms with Crippen LogP contribution in [0, 0.1) is 0 Å². The molecule has 4 nitrogen and oxygen atoms in total. The first kappa shape index (κ1) is 12.6. The van der Waals surface area contributed by atoms with Crippen LogP contribution in [0.5, 0.6) is 0 Å². The Hall–Kier alpha value is -2.10. The molecule has 3 aliphatic rings. The third-order valence-corrected chi connectivity index (χ3v) is 4.70. The highest BCUT2D eigenvalue weighted by Crippen LogP contribution is 2.40. The maximum absolute atomic E-state index is 12.6. The Bertz CT molecular complexity index is 663. The van der Waals surface area contributed by atoms with Gasteiger partial charge in [0.25, 0.3) is 5.91 Å². The third kappa shape index (κ3) is 1.97. The highest BCUT2D eigenvalue weighted by atomic mass is 16.2. The van der Waals surface area contributed by atoms with Crippen molar-refractivity contribution in [2.45, 2.75) is 38.1 Å². The molecule has 4 heteroatoms. The average molecular weight is 282 g/mol. The molecule has 1 aromatic rings. The van der Waals surface area contributed by atoms with Gasteiger partial charge in [0.15, 0.2) is 0 Å². The standard InChI is InChI=1S/C17H18N2O2/c20-15-6-3-9-19-16(11-7-8-12(10-11)18-15)13-4-1-2-5-14(13)17(19)21/h1-2,4-5,12H,3,6-10H2,(H,18,20)/b16-11-. The zero-order valence-electron chi connectivity index (χ0n) is 11.9. The molecule has 1 fully saturated rings. The smallest absolute Gasteiger partial charge is 0.258 e. The van der Waals surface area contributed by atoms with Gasteiger partial charge in [-0.05, 0) is 37.3 Å². The molecule has 1 aliphatic carbocycles. The molecule has 2 amide bonds. The van der Waals surface area contributed by atoms with Crippen molar-refractivity contribution < 1.29 is 9.59 Å². The van der Waals surface area contributed by atoms with Gasteiger partial charge in [-0.2, -0.15) is 0 Å². The predicted octanol–water partition coefficient (Wildman–Crippen LogP) is 2.32. The first-order valence-corrected chi connectivity index (χ1v) is 7.66. The van der Waals surface area contributed by atoms with Crippen LogP contribution >= 0.6 is 0 Å². The summed E-state index contributed by atoms with van der Waals surface area (Å²) in [6, 6.07) is 8.11. The normalized spacial score (nSPS) is 28.2. The lowest BCUT2D eigenvalue weighted by atomic mass is 10.0. The number of amides is 2. The van der Waals surface area contributed by atoms with Crippen LogP contribution in [0.2, 0.25) is 0 Å². The van der Waals surface area contributed by atoms with E-state index in [2.05, 4.69) is 5.32 Å². The summed E-state index contributed by atoms with van der Waals surface area (Å²) in [5.74, 6) is 0.214. The Labute approximate surface area is 123 Å². The van der Waals surface area contributed by atoms with E-state index in [0.717, 1.165) is 42.5 Å². The maximum atomic E-state index is 12.6. The van der Waals surface area contributed by atoms with E-state index >= 15 is 0 Å². The van der Waals surface area contributed by atoms with Crippen molar-refractivity contribution in [2.24, 2.45) is 0 Å². The van der Waals surface area contributed by atoms with Gasteiger partial charge in [-0.3, -0.25) is 9.59 Å². The van der Waals surface area contributed by atoms with Crippen molar-refractivity contribution in [3.8, 4) is 0 Å². The second kappa shape index (κ2) is 4.72. The highest BCUT2D eigenvalue weighted by molar-refractivity contribution is 6.09. The Balaban J connectivity index is 1.83. The van der Waals surface area contributed by atoms with Crippen molar-refractivity contribution in [3.63, 3.8) is 0 Å². The number of rotatable bonds is 0. The largest absolute Gasteiger partial charge is 0.353 e. The number of benzene rings is 1. The Morgan fingerprint density at radius 3 is 2.76 bits per heavy atom. The number of hydrogen-bond donors (Lipinski definition) is 1. The van der Waals surface area contributed by atoms with E-state index in [1.54, 1.807) is 0 Å². The van der Waals surface area contributed by atoms with Crippen LogP contribution in [0.25, 0.3) is 5.70 Å².